The van der Waals surface area contributed by atoms with E-state index in [1.807, 2.05) is 20.8 Å². The Morgan fingerprint density at radius 3 is 2.43 bits per heavy atom. The molecular formula is C17H32N4O2. The highest BCUT2D eigenvalue weighted by Gasteiger charge is 2.35. The third-order valence-electron chi connectivity index (χ3n) is 4.99. The second-order valence-electron chi connectivity index (χ2n) is 7.32. The van der Waals surface area contributed by atoms with E-state index in [1.165, 1.54) is 0 Å². The first kappa shape index (κ1) is 19.9. The summed E-state index contributed by atoms with van der Waals surface area (Å²) >= 11 is 0. The molecule has 0 spiro atoms. The summed E-state index contributed by atoms with van der Waals surface area (Å²) in [5.74, 6) is -0.0515. The molecule has 0 aliphatic carbocycles. The molecule has 4 atom stereocenters. The number of hydrogen-bond acceptors (Lipinski definition) is 5. The Balaban J connectivity index is 2.64. The van der Waals surface area contributed by atoms with Crippen LogP contribution in [0.5, 0.6) is 0 Å². The number of carbonyl (C=O) groups is 1. The summed E-state index contributed by atoms with van der Waals surface area (Å²) in [6, 6.07) is 2.24. The van der Waals surface area contributed by atoms with E-state index in [0.717, 1.165) is 19.6 Å². The summed E-state index contributed by atoms with van der Waals surface area (Å²) in [6.45, 7) is 14.5. The van der Waals surface area contributed by atoms with Crippen molar-refractivity contribution in [3.05, 3.63) is 0 Å². The van der Waals surface area contributed by atoms with Gasteiger partial charge in [0.15, 0.2) is 0 Å². The average Bonchev–Trinajstić information content (AvgIpc) is 2.47. The first-order valence-corrected chi connectivity index (χ1v) is 8.50. The summed E-state index contributed by atoms with van der Waals surface area (Å²) in [5, 5.41) is 21.8. The van der Waals surface area contributed by atoms with Gasteiger partial charge >= 0.3 is 0 Å². The van der Waals surface area contributed by atoms with Crippen LogP contribution >= 0.6 is 0 Å². The van der Waals surface area contributed by atoms with Gasteiger partial charge < -0.3 is 10.4 Å². The van der Waals surface area contributed by atoms with Crippen LogP contribution in [0.3, 0.4) is 0 Å². The molecule has 0 radical (unpaired) electrons. The van der Waals surface area contributed by atoms with Crippen molar-refractivity contribution in [2.75, 3.05) is 26.2 Å². The van der Waals surface area contributed by atoms with Crippen molar-refractivity contribution in [1.82, 2.24) is 15.1 Å². The fourth-order valence-corrected chi connectivity index (χ4v) is 2.81. The molecule has 1 aliphatic heterocycles. The molecule has 6 nitrogen and oxygen atoms in total. The van der Waals surface area contributed by atoms with Crippen LogP contribution in [0.4, 0.5) is 0 Å². The normalized spacial score (nSPS) is 25.4. The van der Waals surface area contributed by atoms with Crippen molar-refractivity contribution in [3.63, 3.8) is 0 Å². The number of carbonyl (C=O) groups excluding carboxylic acids is 1. The highest BCUT2D eigenvalue weighted by molar-refractivity contribution is 5.82. The third-order valence-corrected chi connectivity index (χ3v) is 4.99. The van der Waals surface area contributed by atoms with Crippen molar-refractivity contribution in [3.8, 4) is 6.07 Å². The van der Waals surface area contributed by atoms with Crippen LogP contribution in [0.15, 0.2) is 0 Å². The number of piperazine rings is 1. The van der Waals surface area contributed by atoms with Gasteiger partial charge in [0.1, 0.15) is 5.54 Å². The first-order valence-electron chi connectivity index (χ1n) is 8.50. The van der Waals surface area contributed by atoms with Crippen LogP contribution in [-0.4, -0.2) is 70.7 Å². The molecule has 23 heavy (non-hydrogen) atoms. The van der Waals surface area contributed by atoms with Crippen molar-refractivity contribution < 1.29 is 9.90 Å². The Bertz CT molecular complexity index is 446. The topological polar surface area (TPSA) is 79.6 Å². The molecule has 0 bridgehead atoms. The van der Waals surface area contributed by atoms with Gasteiger partial charge in [0.05, 0.1) is 18.2 Å². The van der Waals surface area contributed by atoms with Crippen molar-refractivity contribution in [2.45, 2.75) is 65.3 Å². The zero-order valence-corrected chi connectivity index (χ0v) is 15.3. The Hall–Kier alpha value is -1.16. The maximum atomic E-state index is 12.5. The molecule has 0 aromatic rings. The summed E-state index contributed by atoms with van der Waals surface area (Å²) in [5.41, 5.74) is -0.842. The number of aliphatic hydroxyl groups is 1. The minimum absolute atomic E-state index is 0.0467. The van der Waals surface area contributed by atoms with Crippen molar-refractivity contribution in [2.24, 2.45) is 5.92 Å². The molecule has 1 rings (SSSR count). The van der Waals surface area contributed by atoms with Crippen molar-refractivity contribution in [1.29, 1.82) is 5.26 Å². The third kappa shape index (κ3) is 5.17. The Morgan fingerprint density at radius 1 is 1.39 bits per heavy atom. The molecule has 2 N–H and O–H groups in total. The van der Waals surface area contributed by atoms with Crippen LogP contribution in [-0.2, 0) is 4.79 Å². The van der Waals surface area contributed by atoms with E-state index in [9.17, 15) is 15.2 Å². The monoisotopic (exact) mass is 324 g/mol. The van der Waals surface area contributed by atoms with Gasteiger partial charge in [0.2, 0.25) is 5.91 Å². The highest BCUT2D eigenvalue weighted by atomic mass is 16.3. The van der Waals surface area contributed by atoms with E-state index in [4.69, 9.17) is 0 Å². The second-order valence-corrected chi connectivity index (χ2v) is 7.32. The summed E-state index contributed by atoms with van der Waals surface area (Å²) in [7, 11) is 0. The number of nitrogens with one attached hydrogen (secondary N) is 1. The van der Waals surface area contributed by atoms with Gasteiger partial charge in [-0.05, 0) is 33.6 Å². The first-order chi connectivity index (χ1) is 10.6. The van der Waals surface area contributed by atoms with E-state index < -0.39 is 5.54 Å². The minimum atomic E-state index is -0.842. The van der Waals surface area contributed by atoms with Gasteiger partial charge in [-0.2, -0.15) is 5.26 Å². The average molecular weight is 324 g/mol. The molecule has 1 fully saturated rings. The number of nitriles is 1. The smallest absolute Gasteiger partial charge is 0.238 e. The van der Waals surface area contributed by atoms with E-state index in [0.29, 0.717) is 12.6 Å². The van der Waals surface area contributed by atoms with Gasteiger partial charge in [0.25, 0.3) is 0 Å². The predicted octanol–water partition coefficient (Wildman–Crippen LogP) is 0.816. The van der Waals surface area contributed by atoms with E-state index in [2.05, 4.69) is 28.1 Å². The Kier molecular flexibility index (Phi) is 7.00. The standard InChI is InChI=1S/C17H32N4O2/c1-12(2)17(6,11-18)19-16(23)15(5)21-8-7-20(10-14(4)22)13(3)9-21/h12-15,22H,7-10H2,1-6H3,(H,19,23). The lowest BCUT2D eigenvalue weighted by molar-refractivity contribution is -0.128. The lowest BCUT2D eigenvalue weighted by atomic mass is 9.89. The lowest BCUT2D eigenvalue weighted by Crippen LogP contribution is -2.60. The SMILES string of the molecule is CC(O)CN1CCN(C(C)C(=O)NC(C)(C#N)C(C)C)CC1C. The van der Waals surface area contributed by atoms with Crippen LogP contribution in [0, 0.1) is 17.2 Å². The van der Waals surface area contributed by atoms with Crippen LogP contribution < -0.4 is 5.32 Å². The molecule has 1 heterocycles. The number of rotatable bonds is 6. The van der Waals surface area contributed by atoms with Crippen molar-refractivity contribution >= 4 is 5.91 Å². The van der Waals surface area contributed by atoms with Gasteiger partial charge in [-0.3, -0.25) is 14.6 Å². The number of β-amino-alcohol motifs (C(OH)–C–C–N with tert-alkyl or cyclic N) is 1. The molecule has 132 valence electrons. The number of aliphatic hydroxyl groups excluding tert-OH is 1. The Morgan fingerprint density at radius 2 is 2.00 bits per heavy atom. The maximum Gasteiger partial charge on any atom is 0.238 e. The van der Waals surface area contributed by atoms with E-state index >= 15 is 0 Å². The fraction of sp³-hybridized carbons (Fsp3) is 0.882. The molecule has 6 heteroatoms. The molecule has 4 unspecified atom stereocenters. The highest BCUT2D eigenvalue weighted by Crippen LogP contribution is 2.17. The van der Waals surface area contributed by atoms with E-state index in [-0.39, 0.29) is 24.0 Å². The summed E-state index contributed by atoms with van der Waals surface area (Å²) in [6.07, 6.45) is -0.341. The molecule has 1 saturated heterocycles. The quantitative estimate of drug-likeness (QED) is 0.756. The van der Waals surface area contributed by atoms with Gasteiger partial charge in [-0.15, -0.1) is 0 Å². The molecular weight excluding hydrogens is 292 g/mol. The van der Waals surface area contributed by atoms with Crippen LogP contribution in [0.2, 0.25) is 0 Å². The number of nitrogens with zero attached hydrogens (tertiary/aromatic N) is 3. The zero-order valence-electron chi connectivity index (χ0n) is 15.3. The molecule has 1 amide bonds. The molecule has 0 saturated carbocycles. The molecule has 0 aromatic carbocycles. The predicted molar refractivity (Wildman–Crippen MR) is 90.7 cm³/mol. The maximum absolute atomic E-state index is 12.5. The number of hydrogen-bond donors (Lipinski definition) is 2. The molecule has 0 aromatic heterocycles. The fourth-order valence-electron chi connectivity index (χ4n) is 2.81. The molecule has 1 aliphatic rings. The number of amides is 1. The zero-order chi connectivity index (χ0) is 17.8. The van der Waals surface area contributed by atoms with Gasteiger partial charge in [0, 0.05) is 32.2 Å². The summed E-state index contributed by atoms with van der Waals surface area (Å²) < 4.78 is 0. The lowest BCUT2D eigenvalue weighted by Gasteiger charge is -2.42. The van der Waals surface area contributed by atoms with Gasteiger partial charge in [-0.25, -0.2) is 0 Å². The van der Waals surface area contributed by atoms with Crippen LogP contribution in [0.1, 0.15) is 41.5 Å². The summed E-state index contributed by atoms with van der Waals surface area (Å²) in [4.78, 5) is 16.9. The van der Waals surface area contributed by atoms with E-state index in [1.54, 1.807) is 13.8 Å². The Labute approximate surface area is 140 Å². The van der Waals surface area contributed by atoms with Gasteiger partial charge in [-0.1, -0.05) is 13.8 Å². The largest absolute Gasteiger partial charge is 0.392 e. The van der Waals surface area contributed by atoms with Crippen LogP contribution in [0.25, 0.3) is 0 Å². The minimum Gasteiger partial charge on any atom is -0.392 e. The second kappa shape index (κ2) is 8.09.